The van der Waals surface area contributed by atoms with Gasteiger partial charge in [-0.2, -0.15) is 4.98 Å². The molecule has 0 bridgehead atoms. The molecule has 0 atom stereocenters. The van der Waals surface area contributed by atoms with Crippen LogP contribution in [0.3, 0.4) is 0 Å². The Bertz CT molecular complexity index is 929. The molecular formula is C23H32N6S. The van der Waals surface area contributed by atoms with Crippen LogP contribution in [0, 0.1) is 5.41 Å². The molecule has 2 saturated heterocycles. The van der Waals surface area contributed by atoms with Gasteiger partial charge in [0.1, 0.15) is 0 Å². The van der Waals surface area contributed by atoms with Crippen molar-refractivity contribution in [1.82, 2.24) is 24.4 Å². The average Bonchev–Trinajstić information content (AvgIpc) is 3.47. The first-order valence-corrected chi connectivity index (χ1v) is 12.4. The number of fused-ring (bicyclic) bond motifs is 2. The smallest absolute Gasteiger partial charge is 0.225 e. The monoisotopic (exact) mass is 424 g/mol. The Kier molecular flexibility index (Phi) is 4.62. The third-order valence-electron chi connectivity index (χ3n) is 7.61. The van der Waals surface area contributed by atoms with Crippen LogP contribution in [0.1, 0.15) is 55.4 Å². The van der Waals surface area contributed by atoms with Crippen LogP contribution in [0.5, 0.6) is 0 Å². The molecule has 2 aliphatic carbocycles. The van der Waals surface area contributed by atoms with Crippen LogP contribution in [0.15, 0.2) is 11.2 Å². The van der Waals surface area contributed by atoms with Crippen LogP contribution in [0.25, 0.3) is 0 Å². The van der Waals surface area contributed by atoms with E-state index in [1.54, 1.807) is 23.1 Å². The predicted octanol–water partition coefficient (Wildman–Crippen LogP) is 3.95. The summed E-state index contributed by atoms with van der Waals surface area (Å²) in [6.07, 6.45) is 8.69. The summed E-state index contributed by atoms with van der Waals surface area (Å²) in [5.74, 6) is 0.786. The Morgan fingerprint density at radius 1 is 1.07 bits per heavy atom. The van der Waals surface area contributed by atoms with Gasteiger partial charge in [-0.05, 0) is 87.6 Å². The molecule has 0 radical (unpaired) electrons. The minimum absolute atomic E-state index is 0.500. The highest BCUT2D eigenvalue weighted by molar-refractivity contribution is 7.96. The van der Waals surface area contributed by atoms with Crippen molar-refractivity contribution in [3.8, 4) is 0 Å². The Hall–Kier alpha value is -1.57. The SMILES string of the molecule is CC(C)N1CCC2(CN(Sc3n[nH]c(Nc4c5c(cc6c4CCC6)CCC5)n3)C2)C1. The van der Waals surface area contributed by atoms with Gasteiger partial charge in [-0.15, -0.1) is 5.10 Å². The summed E-state index contributed by atoms with van der Waals surface area (Å²) in [4.78, 5) is 7.39. The van der Waals surface area contributed by atoms with Crippen LogP contribution in [-0.4, -0.2) is 56.6 Å². The molecule has 2 fully saturated rings. The van der Waals surface area contributed by atoms with Crippen LogP contribution in [0.2, 0.25) is 0 Å². The number of likely N-dealkylation sites (tertiary alicyclic amines) is 1. The number of benzene rings is 1. The van der Waals surface area contributed by atoms with Crippen molar-refractivity contribution in [3.05, 3.63) is 28.3 Å². The molecule has 0 unspecified atom stereocenters. The fourth-order valence-electron chi connectivity index (χ4n) is 5.98. The van der Waals surface area contributed by atoms with Gasteiger partial charge in [0.2, 0.25) is 11.1 Å². The summed E-state index contributed by atoms with van der Waals surface area (Å²) >= 11 is 1.70. The third-order valence-corrected chi connectivity index (χ3v) is 8.48. The van der Waals surface area contributed by atoms with Crippen LogP contribution < -0.4 is 5.32 Å². The maximum Gasteiger partial charge on any atom is 0.225 e. The topological polar surface area (TPSA) is 60.1 Å². The molecule has 7 heteroatoms. The summed E-state index contributed by atoms with van der Waals surface area (Å²) in [5, 5.41) is 12.1. The van der Waals surface area contributed by atoms with Gasteiger partial charge in [0, 0.05) is 48.7 Å². The van der Waals surface area contributed by atoms with E-state index in [2.05, 4.69) is 44.6 Å². The molecule has 0 amide bonds. The third kappa shape index (κ3) is 3.26. The van der Waals surface area contributed by atoms with E-state index in [1.807, 2.05) is 0 Å². The zero-order valence-electron chi connectivity index (χ0n) is 18.1. The van der Waals surface area contributed by atoms with Gasteiger partial charge in [-0.25, -0.2) is 9.40 Å². The lowest BCUT2D eigenvalue weighted by atomic mass is 9.81. The van der Waals surface area contributed by atoms with Gasteiger partial charge in [0.25, 0.3) is 0 Å². The second kappa shape index (κ2) is 7.24. The van der Waals surface area contributed by atoms with E-state index in [0.29, 0.717) is 11.5 Å². The number of aromatic nitrogens is 3. The van der Waals surface area contributed by atoms with E-state index < -0.39 is 0 Å². The highest BCUT2D eigenvalue weighted by Crippen LogP contribution is 2.44. The number of anilines is 2. The molecule has 160 valence electrons. The fraction of sp³-hybridized carbons (Fsp3) is 0.652. The van der Waals surface area contributed by atoms with Crippen molar-refractivity contribution in [2.45, 2.75) is 70.0 Å². The molecule has 6 rings (SSSR count). The molecule has 1 aromatic carbocycles. The number of aromatic amines is 1. The summed E-state index contributed by atoms with van der Waals surface area (Å²) < 4.78 is 2.43. The van der Waals surface area contributed by atoms with Crippen molar-refractivity contribution in [3.63, 3.8) is 0 Å². The van der Waals surface area contributed by atoms with Gasteiger partial charge in [-0.1, -0.05) is 6.07 Å². The fourth-order valence-corrected chi connectivity index (χ4v) is 7.11. The molecular weight excluding hydrogens is 392 g/mol. The van der Waals surface area contributed by atoms with Gasteiger partial charge < -0.3 is 10.2 Å². The Morgan fingerprint density at radius 2 is 1.80 bits per heavy atom. The second-order valence-corrected chi connectivity index (χ2v) is 11.1. The average molecular weight is 425 g/mol. The van der Waals surface area contributed by atoms with E-state index in [4.69, 9.17) is 4.98 Å². The molecule has 2 N–H and O–H groups in total. The second-order valence-electron chi connectivity index (χ2n) is 10.0. The number of aryl methyl sites for hydroxylation is 2. The number of hydrogen-bond donors (Lipinski definition) is 2. The molecule has 3 heterocycles. The summed E-state index contributed by atoms with van der Waals surface area (Å²) in [5.41, 5.74) is 7.95. The molecule has 2 aliphatic heterocycles. The molecule has 1 spiro atoms. The summed E-state index contributed by atoms with van der Waals surface area (Å²) in [7, 11) is 0. The molecule has 2 aromatic rings. The Labute approximate surface area is 183 Å². The first kappa shape index (κ1) is 19.1. The normalized spacial score (nSPS) is 22.6. The van der Waals surface area contributed by atoms with Crippen molar-refractivity contribution in [2.24, 2.45) is 5.41 Å². The zero-order valence-corrected chi connectivity index (χ0v) is 18.9. The maximum absolute atomic E-state index is 4.77. The standard InChI is InChI=1S/C23H32N6S/c1-15(2)28-10-9-23(12-28)13-29(14-23)30-22-25-21(26-27-22)24-20-18-7-3-5-16(18)11-17-6-4-8-19(17)20/h11,15H,3-10,12-14H2,1-2H3,(H2,24,25,26,27). The number of H-pyrrole nitrogens is 1. The van der Waals surface area contributed by atoms with Gasteiger partial charge in [0.05, 0.1) is 0 Å². The van der Waals surface area contributed by atoms with Crippen molar-refractivity contribution in [2.75, 3.05) is 31.5 Å². The molecule has 0 saturated carbocycles. The van der Waals surface area contributed by atoms with Crippen LogP contribution in [-0.2, 0) is 25.7 Å². The van der Waals surface area contributed by atoms with E-state index in [-0.39, 0.29) is 0 Å². The Morgan fingerprint density at radius 3 is 2.47 bits per heavy atom. The van der Waals surface area contributed by atoms with E-state index in [9.17, 15) is 0 Å². The van der Waals surface area contributed by atoms with Crippen molar-refractivity contribution < 1.29 is 0 Å². The predicted molar refractivity (Wildman–Crippen MR) is 121 cm³/mol. The molecule has 6 nitrogen and oxygen atoms in total. The summed E-state index contributed by atoms with van der Waals surface area (Å²) in [6.45, 7) is 9.41. The largest absolute Gasteiger partial charge is 0.324 e. The lowest BCUT2D eigenvalue weighted by Gasteiger charge is -2.46. The molecule has 1 aromatic heterocycles. The molecule has 4 aliphatic rings. The Balaban J connectivity index is 1.12. The summed E-state index contributed by atoms with van der Waals surface area (Å²) in [6, 6.07) is 3.13. The zero-order chi connectivity index (χ0) is 20.3. The number of rotatable bonds is 5. The minimum Gasteiger partial charge on any atom is -0.324 e. The lowest BCUT2D eigenvalue weighted by molar-refractivity contribution is 0.0826. The first-order valence-electron chi connectivity index (χ1n) is 11.6. The van der Waals surface area contributed by atoms with E-state index in [0.717, 1.165) is 24.2 Å². The van der Waals surface area contributed by atoms with Crippen molar-refractivity contribution >= 4 is 23.6 Å². The lowest BCUT2D eigenvalue weighted by Crippen LogP contribution is -2.54. The van der Waals surface area contributed by atoms with E-state index in [1.165, 1.54) is 74.8 Å². The minimum atomic E-state index is 0.500. The first-order chi connectivity index (χ1) is 14.6. The number of nitrogens with zero attached hydrogens (tertiary/aromatic N) is 4. The van der Waals surface area contributed by atoms with Crippen LogP contribution in [0.4, 0.5) is 11.6 Å². The quantitative estimate of drug-likeness (QED) is 0.709. The highest BCUT2D eigenvalue weighted by atomic mass is 32.2. The molecule has 30 heavy (non-hydrogen) atoms. The van der Waals surface area contributed by atoms with E-state index >= 15 is 0 Å². The number of nitrogens with one attached hydrogen (secondary N) is 2. The highest BCUT2D eigenvalue weighted by Gasteiger charge is 2.48. The van der Waals surface area contributed by atoms with Gasteiger partial charge in [0.15, 0.2) is 0 Å². The van der Waals surface area contributed by atoms with Crippen molar-refractivity contribution in [1.29, 1.82) is 0 Å². The maximum atomic E-state index is 4.77. The number of hydrogen-bond acceptors (Lipinski definition) is 6. The van der Waals surface area contributed by atoms with Gasteiger partial charge >= 0.3 is 0 Å². The van der Waals surface area contributed by atoms with Crippen LogP contribution >= 0.6 is 11.9 Å². The van der Waals surface area contributed by atoms with Gasteiger partial charge in [-0.3, -0.25) is 0 Å².